The van der Waals surface area contributed by atoms with Crippen LogP contribution < -0.4 is 0 Å². The molecule has 1 aromatic rings. The Bertz CT molecular complexity index is 392. The van der Waals surface area contributed by atoms with Crippen LogP contribution in [0.15, 0.2) is 25.8 Å². The van der Waals surface area contributed by atoms with E-state index >= 15 is 0 Å². The topological polar surface area (TPSA) is 15.8 Å². The minimum Gasteiger partial charge on any atom is -0.355 e. The Morgan fingerprint density at radius 2 is 1.38 bits per heavy atom. The molecule has 0 saturated heterocycles. The summed E-state index contributed by atoms with van der Waals surface area (Å²) in [5, 5.41) is 0. The van der Waals surface area contributed by atoms with Gasteiger partial charge in [-0.25, -0.2) is 0 Å². The number of hydrogen-bond donors (Lipinski definition) is 1. The fourth-order valence-electron chi connectivity index (χ4n) is 1.47. The van der Waals surface area contributed by atoms with E-state index in [1.165, 1.54) is 0 Å². The maximum Gasteiger partial charge on any atom is 0.0461 e. The minimum atomic E-state index is 0.989. The van der Waals surface area contributed by atoms with E-state index in [9.17, 15) is 0 Å². The molecule has 0 unspecified atom stereocenters. The Hall–Kier alpha value is -1.76. The first-order valence-electron chi connectivity index (χ1n) is 5.54. The second-order valence-corrected chi connectivity index (χ2v) is 2.89. The number of aromatic nitrogens is 1. The maximum atomic E-state index is 3.79. The lowest BCUT2D eigenvalue weighted by Crippen LogP contribution is -1.76. The fourth-order valence-corrected chi connectivity index (χ4v) is 1.47. The standard InChI is InChI=1S/C13H15N.C2H6/c1-5-9-13-11(7-3)10(6-2)12(8-4)14-13;1-2/h5-9,14H,2-4H2,1H3;1-2H3/b9-5-;. The van der Waals surface area contributed by atoms with E-state index in [1.807, 2.05) is 45.1 Å². The van der Waals surface area contributed by atoms with E-state index < -0.39 is 0 Å². The van der Waals surface area contributed by atoms with E-state index in [4.69, 9.17) is 0 Å². The van der Waals surface area contributed by atoms with E-state index in [2.05, 4.69) is 24.7 Å². The van der Waals surface area contributed by atoms with Gasteiger partial charge in [0.2, 0.25) is 0 Å². The van der Waals surface area contributed by atoms with Crippen molar-refractivity contribution >= 4 is 24.3 Å². The first-order valence-corrected chi connectivity index (χ1v) is 5.54. The van der Waals surface area contributed by atoms with E-state index in [-0.39, 0.29) is 0 Å². The molecule has 1 rings (SSSR count). The molecular formula is C15H21N. The highest BCUT2D eigenvalue weighted by Crippen LogP contribution is 2.23. The third-order valence-electron chi connectivity index (χ3n) is 2.09. The molecule has 1 nitrogen and oxygen atoms in total. The molecule has 86 valence electrons. The second kappa shape index (κ2) is 7.52. The van der Waals surface area contributed by atoms with Gasteiger partial charge in [-0.15, -0.1) is 0 Å². The average molecular weight is 215 g/mol. The van der Waals surface area contributed by atoms with Crippen molar-refractivity contribution in [2.45, 2.75) is 20.8 Å². The lowest BCUT2D eigenvalue weighted by Gasteiger charge is -1.93. The summed E-state index contributed by atoms with van der Waals surface area (Å²) in [6.45, 7) is 17.3. The largest absolute Gasteiger partial charge is 0.355 e. The van der Waals surface area contributed by atoms with Gasteiger partial charge in [0.25, 0.3) is 0 Å². The van der Waals surface area contributed by atoms with Gasteiger partial charge in [-0.1, -0.05) is 51.8 Å². The molecule has 1 heteroatoms. The first kappa shape index (κ1) is 14.2. The molecule has 0 fully saturated rings. The van der Waals surface area contributed by atoms with Crippen LogP contribution in [0.2, 0.25) is 0 Å². The molecule has 0 aliphatic carbocycles. The molecule has 1 N–H and O–H groups in total. The molecule has 0 amide bonds. The van der Waals surface area contributed by atoms with Gasteiger partial charge in [-0.2, -0.15) is 0 Å². The monoisotopic (exact) mass is 215 g/mol. The molecule has 0 spiro atoms. The molecule has 0 aliphatic heterocycles. The lowest BCUT2D eigenvalue weighted by molar-refractivity contribution is 1.34. The van der Waals surface area contributed by atoms with Crippen molar-refractivity contribution in [1.82, 2.24) is 4.98 Å². The highest BCUT2D eigenvalue weighted by Gasteiger charge is 2.07. The van der Waals surface area contributed by atoms with E-state index in [1.54, 1.807) is 6.08 Å². The lowest BCUT2D eigenvalue weighted by atomic mass is 10.1. The van der Waals surface area contributed by atoms with Crippen molar-refractivity contribution in [1.29, 1.82) is 0 Å². The SMILES string of the molecule is C=Cc1[nH]c(/C=C\C)c(C=C)c1C=C.CC. The molecular weight excluding hydrogens is 194 g/mol. The predicted octanol–water partition coefficient (Wildman–Crippen LogP) is 5.00. The van der Waals surface area contributed by atoms with Crippen molar-refractivity contribution < 1.29 is 0 Å². The van der Waals surface area contributed by atoms with Crippen molar-refractivity contribution in [3.63, 3.8) is 0 Å². The molecule has 1 aromatic heterocycles. The number of aromatic amines is 1. The van der Waals surface area contributed by atoms with Crippen molar-refractivity contribution in [2.24, 2.45) is 0 Å². The van der Waals surface area contributed by atoms with Crippen LogP contribution in [-0.4, -0.2) is 4.98 Å². The highest BCUT2D eigenvalue weighted by molar-refractivity contribution is 5.77. The predicted molar refractivity (Wildman–Crippen MR) is 77.1 cm³/mol. The Balaban J connectivity index is 0.00000106. The van der Waals surface area contributed by atoms with Crippen LogP contribution in [0.3, 0.4) is 0 Å². The molecule has 0 saturated carbocycles. The molecule has 0 bridgehead atoms. The molecule has 0 radical (unpaired) electrons. The van der Waals surface area contributed by atoms with Gasteiger partial charge < -0.3 is 4.98 Å². The zero-order valence-corrected chi connectivity index (χ0v) is 10.5. The van der Waals surface area contributed by atoms with E-state index in [0.29, 0.717) is 0 Å². The van der Waals surface area contributed by atoms with E-state index in [0.717, 1.165) is 22.5 Å². The zero-order chi connectivity index (χ0) is 12.6. The van der Waals surface area contributed by atoms with Crippen molar-refractivity contribution in [3.8, 4) is 0 Å². The fraction of sp³-hybridized carbons (Fsp3) is 0.200. The van der Waals surface area contributed by atoms with Crippen molar-refractivity contribution in [3.05, 3.63) is 48.3 Å². The molecule has 1 heterocycles. The summed E-state index contributed by atoms with van der Waals surface area (Å²) in [6.07, 6.45) is 9.43. The van der Waals surface area contributed by atoms with Crippen LogP contribution in [-0.2, 0) is 0 Å². The summed E-state index contributed by atoms with van der Waals surface area (Å²) >= 11 is 0. The Morgan fingerprint density at radius 3 is 1.75 bits per heavy atom. The van der Waals surface area contributed by atoms with Gasteiger partial charge in [0.15, 0.2) is 0 Å². The third-order valence-corrected chi connectivity index (χ3v) is 2.09. The summed E-state index contributed by atoms with van der Waals surface area (Å²) in [5.41, 5.74) is 4.17. The molecule has 0 aromatic carbocycles. The third kappa shape index (κ3) is 2.86. The number of H-pyrrole nitrogens is 1. The minimum absolute atomic E-state index is 0.989. The average Bonchev–Trinajstić information content (AvgIpc) is 2.69. The maximum absolute atomic E-state index is 3.79. The normalized spacial score (nSPS) is 9.44. The number of hydrogen-bond acceptors (Lipinski definition) is 0. The Kier molecular flexibility index (Phi) is 6.69. The van der Waals surface area contributed by atoms with Crippen LogP contribution in [0.25, 0.3) is 24.3 Å². The summed E-state index contributed by atoms with van der Waals surface area (Å²) in [6, 6.07) is 0. The van der Waals surface area contributed by atoms with Crippen molar-refractivity contribution in [2.75, 3.05) is 0 Å². The zero-order valence-electron chi connectivity index (χ0n) is 10.5. The Labute approximate surface area is 98.9 Å². The van der Waals surface area contributed by atoms with Gasteiger partial charge >= 0.3 is 0 Å². The molecule has 16 heavy (non-hydrogen) atoms. The highest BCUT2D eigenvalue weighted by atomic mass is 14.7. The van der Waals surface area contributed by atoms with Crippen LogP contribution in [0.1, 0.15) is 43.3 Å². The number of allylic oxidation sites excluding steroid dienone is 1. The molecule has 0 atom stereocenters. The van der Waals surface area contributed by atoms with Gasteiger partial charge in [0.05, 0.1) is 0 Å². The summed E-state index contributed by atoms with van der Waals surface area (Å²) in [7, 11) is 0. The Morgan fingerprint density at radius 1 is 0.875 bits per heavy atom. The van der Waals surface area contributed by atoms with Crippen LogP contribution in [0, 0.1) is 0 Å². The van der Waals surface area contributed by atoms with Crippen LogP contribution in [0.5, 0.6) is 0 Å². The van der Waals surface area contributed by atoms with Crippen LogP contribution >= 0.6 is 0 Å². The summed E-state index contributed by atoms with van der Waals surface area (Å²) < 4.78 is 0. The van der Waals surface area contributed by atoms with Gasteiger partial charge in [-0.3, -0.25) is 0 Å². The van der Waals surface area contributed by atoms with Gasteiger partial charge in [-0.05, 0) is 19.1 Å². The summed E-state index contributed by atoms with van der Waals surface area (Å²) in [4.78, 5) is 3.26. The second-order valence-electron chi connectivity index (χ2n) is 2.89. The first-order chi connectivity index (χ1) is 7.78. The smallest absolute Gasteiger partial charge is 0.0461 e. The summed E-state index contributed by atoms with van der Waals surface area (Å²) in [5.74, 6) is 0. The number of nitrogens with one attached hydrogen (secondary N) is 1. The number of rotatable bonds is 4. The van der Waals surface area contributed by atoms with Crippen LogP contribution in [0.4, 0.5) is 0 Å². The molecule has 0 aliphatic rings. The quantitative estimate of drug-likeness (QED) is 0.727. The van der Waals surface area contributed by atoms with Gasteiger partial charge in [0.1, 0.15) is 0 Å². The van der Waals surface area contributed by atoms with Gasteiger partial charge in [0, 0.05) is 22.5 Å².